The fraction of sp³-hybridized carbons (Fsp3) is 0.667. The molecule has 1 aliphatic carbocycles. The van der Waals surface area contributed by atoms with Gasteiger partial charge >= 0.3 is 0 Å². The first-order valence-corrected chi connectivity index (χ1v) is 6.14. The zero-order valence-corrected chi connectivity index (χ0v) is 9.41. The molecule has 4 nitrogen and oxygen atoms in total. The van der Waals surface area contributed by atoms with E-state index in [9.17, 15) is 4.79 Å². The Balaban J connectivity index is 1.71. The summed E-state index contributed by atoms with van der Waals surface area (Å²) in [7, 11) is 0. The number of imidazole rings is 1. The van der Waals surface area contributed by atoms with Crippen LogP contribution in [0.15, 0.2) is 6.33 Å². The number of aromatic nitrogens is 2. The van der Waals surface area contributed by atoms with Crippen molar-refractivity contribution in [1.29, 1.82) is 0 Å². The average Bonchev–Trinajstić information content (AvgIpc) is 2.98. The normalized spacial score (nSPS) is 24.5. The average molecular weight is 219 g/mol. The Morgan fingerprint density at radius 1 is 1.44 bits per heavy atom. The number of nitrogens with one attached hydrogen (secondary N) is 1. The van der Waals surface area contributed by atoms with Crippen LogP contribution in [0, 0.1) is 5.92 Å². The van der Waals surface area contributed by atoms with Crippen molar-refractivity contribution in [2.24, 2.45) is 5.92 Å². The van der Waals surface area contributed by atoms with Crippen LogP contribution in [0.1, 0.15) is 30.7 Å². The van der Waals surface area contributed by atoms with Gasteiger partial charge in [-0.05, 0) is 25.7 Å². The lowest BCUT2D eigenvalue weighted by molar-refractivity contribution is -0.134. The summed E-state index contributed by atoms with van der Waals surface area (Å²) in [4.78, 5) is 21.7. The van der Waals surface area contributed by atoms with Crippen LogP contribution >= 0.6 is 0 Å². The molecule has 1 amide bonds. The molecule has 0 bridgehead atoms. The van der Waals surface area contributed by atoms with Gasteiger partial charge in [0.1, 0.15) is 0 Å². The smallest absolute Gasteiger partial charge is 0.226 e. The van der Waals surface area contributed by atoms with Gasteiger partial charge in [-0.2, -0.15) is 0 Å². The number of nitrogens with zero attached hydrogens (tertiary/aromatic N) is 2. The molecule has 1 aliphatic heterocycles. The van der Waals surface area contributed by atoms with Crippen molar-refractivity contribution < 1.29 is 4.79 Å². The third kappa shape index (κ3) is 1.62. The molecule has 0 radical (unpaired) electrons. The van der Waals surface area contributed by atoms with E-state index in [-0.39, 0.29) is 5.92 Å². The molecule has 2 heterocycles. The Kier molecular flexibility index (Phi) is 2.42. The van der Waals surface area contributed by atoms with Crippen molar-refractivity contribution in [2.45, 2.75) is 32.1 Å². The Labute approximate surface area is 95.1 Å². The van der Waals surface area contributed by atoms with Crippen LogP contribution in [-0.4, -0.2) is 33.9 Å². The van der Waals surface area contributed by atoms with Crippen LogP contribution in [0.3, 0.4) is 0 Å². The molecular weight excluding hydrogens is 202 g/mol. The molecule has 16 heavy (non-hydrogen) atoms. The molecule has 1 aromatic rings. The standard InChI is InChI=1S/C12H17N3O/c16-12(15-5-1-2-6-15)9-3-4-10-11(7-9)14-8-13-10/h8-9H,1-7H2,(H,13,14). The molecule has 1 fully saturated rings. The summed E-state index contributed by atoms with van der Waals surface area (Å²) in [6.45, 7) is 1.92. The maximum Gasteiger partial charge on any atom is 0.226 e. The van der Waals surface area contributed by atoms with Gasteiger partial charge in [-0.15, -0.1) is 0 Å². The Morgan fingerprint density at radius 3 is 3.06 bits per heavy atom. The quantitative estimate of drug-likeness (QED) is 0.770. The van der Waals surface area contributed by atoms with Crippen LogP contribution in [0.25, 0.3) is 0 Å². The van der Waals surface area contributed by atoms with Gasteiger partial charge in [0.2, 0.25) is 5.91 Å². The van der Waals surface area contributed by atoms with E-state index in [1.807, 2.05) is 4.90 Å². The molecule has 2 aliphatic rings. The second kappa shape index (κ2) is 3.92. The number of carbonyl (C=O) groups excluding carboxylic acids is 1. The third-order valence-corrected chi connectivity index (χ3v) is 3.76. The predicted molar refractivity (Wildman–Crippen MR) is 59.9 cm³/mol. The van der Waals surface area contributed by atoms with E-state index in [4.69, 9.17) is 0 Å². The molecule has 1 saturated heterocycles. The fourth-order valence-corrected chi connectivity index (χ4v) is 2.80. The lowest BCUT2D eigenvalue weighted by atomic mass is 9.89. The van der Waals surface area contributed by atoms with Crippen LogP contribution in [0.5, 0.6) is 0 Å². The molecule has 86 valence electrons. The van der Waals surface area contributed by atoms with Gasteiger partial charge in [0, 0.05) is 31.1 Å². The van der Waals surface area contributed by atoms with Gasteiger partial charge in [0.25, 0.3) is 0 Å². The van der Waals surface area contributed by atoms with E-state index < -0.39 is 0 Å². The van der Waals surface area contributed by atoms with Crippen LogP contribution in [-0.2, 0) is 17.6 Å². The highest BCUT2D eigenvalue weighted by atomic mass is 16.2. The highest BCUT2D eigenvalue weighted by Crippen LogP contribution is 2.25. The summed E-state index contributed by atoms with van der Waals surface area (Å²) in [5, 5.41) is 0. The first-order chi connectivity index (χ1) is 7.84. The minimum absolute atomic E-state index is 0.175. The third-order valence-electron chi connectivity index (χ3n) is 3.76. The SMILES string of the molecule is O=C(C1CCc2[nH]cnc2C1)N1CCCC1. The summed E-state index contributed by atoms with van der Waals surface area (Å²) in [6, 6.07) is 0. The summed E-state index contributed by atoms with van der Waals surface area (Å²) in [6.07, 6.45) is 6.86. The minimum Gasteiger partial charge on any atom is -0.348 e. The highest BCUT2D eigenvalue weighted by Gasteiger charge is 2.30. The molecule has 1 unspecified atom stereocenters. The molecule has 4 heteroatoms. The number of likely N-dealkylation sites (tertiary alicyclic amines) is 1. The molecule has 0 aromatic carbocycles. The first kappa shape index (κ1) is 9.87. The summed E-state index contributed by atoms with van der Waals surface area (Å²) in [5.41, 5.74) is 2.33. The monoisotopic (exact) mass is 219 g/mol. The lowest BCUT2D eigenvalue weighted by Gasteiger charge is -2.25. The van der Waals surface area contributed by atoms with Crippen LogP contribution < -0.4 is 0 Å². The van der Waals surface area contributed by atoms with Crippen LogP contribution in [0.2, 0.25) is 0 Å². The van der Waals surface area contributed by atoms with Crippen molar-refractivity contribution in [2.75, 3.05) is 13.1 Å². The number of rotatable bonds is 1. The number of amides is 1. The van der Waals surface area contributed by atoms with Gasteiger partial charge in [0.05, 0.1) is 12.0 Å². The molecule has 3 rings (SSSR count). The summed E-state index contributed by atoms with van der Waals surface area (Å²) >= 11 is 0. The number of aromatic amines is 1. The summed E-state index contributed by atoms with van der Waals surface area (Å²) < 4.78 is 0. The van der Waals surface area contributed by atoms with E-state index in [1.54, 1.807) is 6.33 Å². The number of hydrogen-bond acceptors (Lipinski definition) is 2. The van der Waals surface area contributed by atoms with Gasteiger partial charge in [-0.1, -0.05) is 0 Å². The molecule has 1 aromatic heterocycles. The van der Waals surface area contributed by atoms with E-state index in [1.165, 1.54) is 18.5 Å². The highest BCUT2D eigenvalue weighted by molar-refractivity contribution is 5.79. The molecule has 0 spiro atoms. The Bertz CT molecular complexity index is 393. The molecule has 1 atom stereocenters. The number of hydrogen-bond donors (Lipinski definition) is 1. The largest absolute Gasteiger partial charge is 0.348 e. The van der Waals surface area contributed by atoms with Crippen LogP contribution in [0.4, 0.5) is 0 Å². The fourth-order valence-electron chi connectivity index (χ4n) is 2.80. The number of carbonyl (C=O) groups is 1. The second-order valence-corrected chi connectivity index (χ2v) is 4.80. The van der Waals surface area contributed by atoms with Crippen molar-refractivity contribution in [1.82, 2.24) is 14.9 Å². The predicted octanol–water partition coefficient (Wildman–Crippen LogP) is 1.14. The maximum atomic E-state index is 12.2. The maximum absolute atomic E-state index is 12.2. The number of aryl methyl sites for hydroxylation is 1. The van der Waals surface area contributed by atoms with Gasteiger partial charge in [-0.25, -0.2) is 4.98 Å². The van der Waals surface area contributed by atoms with E-state index >= 15 is 0 Å². The van der Waals surface area contributed by atoms with Crippen molar-refractivity contribution in [3.05, 3.63) is 17.7 Å². The zero-order valence-electron chi connectivity index (χ0n) is 9.41. The van der Waals surface area contributed by atoms with E-state index in [0.717, 1.165) is 38.0 Å². The second-order valence-electron chi connectivity index (χ2n) is 4.80. The van der Waals surface area contributed by atoms with Crippen molar-refractivity contribution in [3.63, 3.8) is 0 Å². The van der Waals surface area contributed by atoms with E-state index in [2.05, 4.69) is 9.97 Å². The van der Waals surface area contributed by atoms with E-state index in [0.29, 0.717) is 5.91 Å². The number of fused-ring (bicyclic) bond motifs is 1. The Morgan fingerprint density at radius 2 is 2.25 bits per heavy atom. The Hall–Kier alpha value is -1.32. The van der Waals surface area contributed by atoms with Gasteiger partial charge < -0.3 is 9.88 Å². The minimum atomic E-state index is 0.175. The molecule has 0 saturated carbocycles. The zero-order chi connectivity index (χ0) is 11.0. The van der Waals surface area contributed by atoms with Gasteiger partial charge in [0.15, 0.2) is 0 Å². The number of H-pyrrole nitrogens is 1. The van der Waals surface area contributed by atoms with Crippen molar-refractivity contribution in [3.8, 4) is 0 Å². The molecule has 1 N–H and O–H groups in total. The summed E-state index contributed by atoms with van der Waals surface area (Å²) in [5.74, 6) is 0.528. The lowest BCUT2D eigenvalue weighted by Crippen LogP contribution is -2.36. The topological polar surface area (TPSA) is 49.0 Å². The molecular formula is C12H17N3O. The van der Waals surface area contributed by atoms with Crippen molar-refractivity contribution >= 4 is 5.91 Å². The van der Waals surface area contributed by atoms with Gasteiger partial charge in [-0.3, -0.25) is 4.79 Å². The first-order valence-electron chi connectivity index (χ1n) is 6.14.